The first kappa shape index (κ1) is 16.1. The molecule has 0 unspecified atom stereocenters. The average Bonchev–Trinajstić information content (AvgIpc) is 2.91. The van der Waals surface area contributed by atoms with Crippen LogP contribution in [0.5, 0.6) is 0 Å². The number of anilines is 1. The SMILES string of the molecule is CC1=[N+](C(=O)OC(C)(C)C)C12CCN(c1ncnc3[nH]ccc13)CC2. The Morgan fingerprint density at radius 1 is 1.32 bits per heavy atom. The van der Waals surface area contributed by atoms with Gasteiger partial charge in [-0.1, -0.05) is 0 Å². The van der Waals surface area contributed by atoms with Gasteiger partial charge in [0.2, 0.25) is 5.71 Å². The fourth-order valence-electron chi connectivity index (χ4n) is 3.86. The molecule has 0 saturated carbocycles. The number of nitrogens with zero attached hydrogens (tertiary/aromatic N) is 4. The number of hydrogen-bond acceptors (Lipinski definition) is 5. The molecule has 0 bridgehead atoms. The molecular weight excluding hydrogens is 318 g/mol. The van der Waals surface area contributed by atoms with E-state index >= 15 is 0 Å². The quantitative estimate of drug-likeness (QED) is 0.807. The number of hydrogen-bond donors (Lipinski definition) is 1. The molecule has 132 valence electrons. The minimum atomic E-state index is -0.470. The molecule has 2 aromatic heterocycles. The Balaban J connectivity index is 1.48. The summed E-state index contributed by atoms with van der Waals surface area (Å²) >= 11 is 0. The maximum absolute atomic E-state index is 12.4. The summed E-state index contributed by atoms with van der Waals surface area (Å²) in [6.07, 6.45) is 5.05. The molecule has 2 aromatic rings. The van der Waals surface area contributed by atoms with Gasteiger partial charge < -0.3 is 14.6 Å². The van der Waals surface area contributed by atoms with Crippen LogP contribution in [0.25, 0.3) is 11.0 Å². The number of aromatic amines is 1. The van der Waals surface area contributed by atoms with Crippen molar-refractivity contribution in [3.63, 3.8) is 0 Å². The third-order valence-electron chi connectivity index (χ3n) is 5.19. The van der Waals surface area contributed by atoms with Gasteiger partial charge in [-0.15, -0.1) is 4.58 Å². The molecule has 1 saturated heterocycles. The van der Waals surface area contributed by atoms with Crippen LogP contribution in [0.4, 0.5) is 10.6 Å². The molecule has 4 rings (SSSR count). The fraction of sp³-hybridized carbons (Fsp3) is 0.556. The first-order chi connectivity index (χ1) is 11.8. The summed E-state index contributed by atoms with van der Waals surface area (Å²) in [5.74, 6) is 0.961. The van der Waals surface area contributed by atoms with Gasteiger partial charge in [0.25, 0.3) is 5.54 Å². The third kappa shape index (κ3) is 2.58. The molecule has 7 heteroatoms. The van der Waals surface area contributed by atoms with E-state index in [2.05, 4.69) is 19.9 Å². The highest BCUT2D eigenvalue weighted by atomic mass is 16.6. The largest absolute Gasteiger partial charge is 0.598 e. The number of piperidine rings is 1. The standard InChI is InChI=1S/C18H24N5O2/c1-12-18(23(12)16(24)25-17(2,3)4)6-9-22(10-7-18)15-13-5-8-19-14(13)20-11-21-15/h5,8,11H,6-7,9-10H2,1-4H3,(H,19,20,21)/q+1. The van der Waals surface area contributed by atoms with Gasteiger partial charge in [0, 0.05) is 39.1 Å². The van der Waals surface area contributed by atoms with Gasteiger partial charge in [-0.05, 0) is 26.8 Å². The Labute approximate surface area is 146 Å². The lowest BCUT2D eigenvalue weighted by atomic mass is 9.91. The van der Waals surface area contributed by atoms with E-state index in [1.807, 2.05) is 44.5 Å². The second kappa shape index (κ2) is 5.28. The molecule has 0 aromatic carbocycles. The number of rotatable bonds is 1. The molecule has 2 aliphatic heterocycles. The summed E-state index contributed by atoms with van der Waals surface area (Å²) in [7, 11) is 0. The molecule has 25 heavy (non-hydrogen) atoms. The number of fused-ring (bicyclic) bond motifs is 1. The van der Waals surface area contributed by atoms with Crippen molar-refractivity contribution < 1.29 is 14.1 Å². The predicted molar refractivity (Wildman–Crippen MR) is 95.2 cm³/mol. The second-order valence-corrected chi connectivity index (χ2v) is 7.86. The zero-order valence-electron chi connectivity index (χ0n) is 15.2. The van der Waals surface area contributed by atoms with Crippen LogP contribution < -0.4 is 4.90 Å². The minimum absolute atomic E-state index is 0.136. The molecular formula is C18H24N5O2+. The van der Waals surface area contributed by atoms with Crippen molar-refractivity contribution in [3.8, 4) is 0 Å². The molecule has 1 fully saturated rings. The number of amides is 1. The van der Waals surface area contributed by atoms with Crippen molar-refractivity contribution in [2.75, 3.05) is 18.0 Å². The molecule has 2 aliphatic rings. The topological polar surface area (TPSA) is 74.1 Å². The number of carbonyl (C=O) groups excluding carboxylic acids is 1. The zero-order chi connectivity index (χ0) is 17.8. The highest BCUT2D eigenvalue weighted by Crippen LogP contribution is 2.40. The lowest BCUT2D eigenvalue weighted by Gasteiger charge is -2.30. The third-order valence-corrected chi connectivity index (χ3v) is 5.19. The lowest BCUT2D eigenvalue weighted by molar-refractivity contribution is -0.434. The van der Waals surface area contributed by atoms with Crippen molar-refractivity contribution in [1.29, 1.82) is 0 Å². The van der Waals surface area contributed by atoms with Gasteiger partial charge in [0.05, 0.1) is 5.39 Å². The maximum Gasteiger partial charge on any atom is 0.598 e. The smallest absolute Gasteiger partial charge is 0.406 e. The molecule has 1 N–H and O–H groups in total. The minimum Gasteiger partial charge on any atom is -0.406 e. The van der Waals surface area contributed by atoms with Gasteiger partial charge in [-0.3, -0.25) is 0 Å². The number of carbonyl (C=O) groups is 1. The van der Waals surface area contributed by atoms with E-state index < -0.39 is 5.60 Å². The van der Waals surface area contributed by atoms with E-state index in [4.69, 9.17) is 4.74 Å². The van der Waals surface area contributed by atoms with Crippen molar-refractivity contribution in [2.24, 2.45) is 0 Å². The zero-order valence-corrected chi connectivity index (χ0v) is 15.2. The van der Waals surface area contributed by atoms with Gasteiger partial charge in [0.15, 0.2) is 0 Å². The van der Waals surface area contributed by atoms with Crippen LogP contribution >= 0.6 is 0 Å². The van der Waals surface area contributed by atoms with Gasteiger partial charge in [-0.25, -0.2) is 9.97 Å². The van der Waals surface area contributed by atoms with Crippen LogP contribution in [0.15, 0.2) is 18.6 Å². The summed E-state index contributed by atoms with van der Waals surface area (Å²) < 4.78 is 7.38. The van der Waals surface area contributed by atoms with Crippen LogP contribution in [0.2, 0.25) is 0 Å². The van der Waals surface area contributed by atoms with E-state index in [1.54, 1.807) is 6.33 Å². The van der Waals surface area contributed by atoms with E-state index in [-0.39, 0.29) is 11.6 Å². The first-order valence-corrected chi connectivity index (χ1v) is 8.72. The first-order valence-electron chi connectivity index (χ1n) is 8.72. The van der Waals surface area contributed by atoms with Crippen molar-refractivity contribution in [3.05, 3.63) is 18.6 Å². The number of ether oxygens (including phenoxy) is 1. The molecule has 7 nitrogen and oxygen atoms in total. The van der Waals surface area contributed by atoms with Gasteiger partial charge >= 0.3 is 6.09 Å². The average molecular weight is 342 g/mol. The Morgan fingerprint density at radius 2 is 2.04 bits per heavy atom. The summed E-state index contributed by atoms with van der Waals surface area (Å²) in [5.41, 5.74) is 1.37. The number of nitrogens with one attached hydrogen (secondary N) is 1. The maximum atomic E-state index is 12.4. The second-order valence-electron chi connectivity index (χ2n) is 7.86. The van der Waals surface area contributed by atoms with E-state index in [0.717, 1.165) is 48.5 Å². The monoisotopic (exact) mass is 342 g/mol. The van der Waals surface area contributed by atoms with Crippen LogP contribution in [0, 0.1) is 0 Å². The van der Waals surface area contributed by atoms with Crippen LogP contribution in [-0.2, 0) is 4.74 Å². The Morgan fingerprint density at radius 3 is 2.72 bits per heavy atom. The molecule has 0 radical (unpaired) electrons. The normalized spacial score (nSPS) is 19.6. The Hall–Kier alpha value is -2.44. The Bertz CT molecular complexity index is 869. The van der Waals surface area contributed by atoms with E-state index in [1.165, 1.54) is 0 Å². The summed E-state index contributed by atoms with van der Waals surface area (Å²) in [6, 6.07) is 2.01. The van der Waals surface area contributed by atoms with E-state index in [0.29, 0.717) is 0 Å². The van der Waals surface area contributed by atoms with E-state index in [9.17, 15) is 4.79 Å². The summed E-state index contributed by atoms with van der Waals surface area (Å²) in [5, 5.41) is 1.04. The molecule has 0 aliphatic carbocycles. The molecule has 1 amide bonds. The number of aromatic nitrogens is 3. The molecule has 4 heterocycles. The van der Waals surface area contributed by atoms with Gasteiger partial charge in [0.1, 0.15) is 23.4 Å². The lowest BCUT2D eigenvalue weighted by Crippen LogP contribution is -2.44. The van der Waals surface area contributed by atoms with Crippen molar-refractivity contribution in [2.45, 2.75) is 51.7 Å². The molecule has 0 atom stereocenters. The van der Waals surface area contributed by atoms with Crippen LogP contribution in [-0.4, -0.2) is 55.6 Å². The highest BCUT2D eigenvalue weighted by molar-refractivity contribution is 5.99. The summed E-state index contributed by atoms with van der Waals surface area (Å²) in [6.45, 7) is 9.44. The van der Waals surface area contributed by atoms with Crippen LogP contribution in [0.3, 0.4) is 0 Å². The van der Waals surface area contributed by atoms with Gasteiger partial charge in [-0.2, -0.15) is 4.79 Å². The predicted octanol–water partition coefficient (Wildman–Crippen LogP) is 2.72. The summed E-state index contributed by atoms with van der Waals surface area (Å²) in [4.78, 5) is 26.6. The van der Waals surface area contributed by atoms with Crippen molar-refractivity contribution >= 4 is 28.7 Å². The highest BCUT2D eigenvalue weighted by Gasteiger charge is 2.68. The fourth-order valence-corrected chi connectivity index (χ4v) is 3.86. The van der Waals surface area contributed by atoms with Crippen LogP contribution in [0.1, 0.15) is 40.5 Å². The Kier molecular flexibility index (Phi) is 3.39. The number of H-pyrrole nitrogens is 1. The molecule has 1 spiro atoms. The van der Waals surface area contributed by atoms with Crippen molar-refractivity contribution in [1.82, 2.24) is 15.0 Å².